The average Bonchev–Trinajstić information content (AvgIpc) is 3.06. The third-order valence-corrected chi connectivity index (χ3v) is 4.50. The third-order valence-electron chi connectivity index (χ3n) is 4.50. The number of aryl methyl sites for hydroxylation is 1. The standard InChI is InChI=1S/C18H21N5O2/c1-13-9-16(21-25-13)12-22(2)18(24)15-5-7-23(8-6-15)17-4-3-14(10-19)11-20-17/h3-4,9,11,15H,5-8,12H2,1-2H3. The molecule has 1 fully saturated rings. The highest BCUT2D eigenvalue weighted by molar-refractivity contribution is 5.78. The fourth-order valence-electron chi connectivity index (χ4n) is 3.12. The maximum atomic E-state index is 12.6. The molecule has 3 heterocycles. The second-order valence-corrected chi connectivity index (χ2v) is 6.40. The number of anilines is 1. The predicted octanol–water partition coefficient (Wildman–Crippen LogP) is 2.12. The summed E-state index contributed by atoms with van der Waals surface area (Å²) in [7, 11) is 1.81. The number of nitrogens with zero attached hydrogens (tertiary/aromatic N) is 5. The first-order valence-corrected chi connectivity index (χ1v) is 8.35. The fourth-order valence-corrected chi connectivity index (χ4v) is 3.12. The summed E-state index contributed by atoms with van der Waals surface area (Å²) < 4.78 is 5.05. The summed E-state index contributed by atoms with van der Waals surface area (Å²) in [5, 5.41) is 12.8. The smallest absolute Gasteiger partial charge is 0.225 e. The lowest BCUT2D eigenvalue weighted by Gasteiger charge is -2.33. The molecule has 0 unspecified atom stereocenters. The van der Waals surface area contributed by atoms with Gasteiger partial charge in [-0.1, -0.05) is 5.16 Å². The highest BCUT2D eigenvalue weighted by Crippen LogP contribution is 2.23. The topological polar surface area (TPSA) is 86.3 Å². The molecule has 0 radical (unpaired) electrons. The molecule has 1 amide bonds. The van der Waals surface area contributed by atoms with Crippen LogP contribution in [0.3, 0.4) is 0 Å². The lowest BCUT2D eigenvalue weighted by atomic mass is 9.95. The van der Waals surface area contributed by atoms with E-state index in [9.17, 15) is 4.79 Å². The lowest BCUT2D eigenvalue weighted by molar-refractivity contribution is -0.135. The van der Waals surface area contributed by atoms with Crippen molar-refractivity contribution in [2.45, 2.75) is 26.3 Å². The van der Waals surface area contributed by atoms with Gasteiger partial charge in [0, 0.05) is 38.3 Å². The van der Waals surface area contributed by atoms with E-state index in [2.05, 4.69) is 21.1 Å². The number of pyridine rings is 1. The Morgan fingerprint density at radius 3 is 2.76 bits per heavy atom. The Hall–Kier alpha value is -2.88. The first-order valence-electron chi connectivity index (χ1n) is 8.35. The van der Waals surface area contributed by atoms with E-state index in [1.165, 1.54) is 0 Å². The fraction of sp³-hybridized carbons (Fsp3) is 0.444. The van der Waals surface area contributed by atoms with Crippen molar-refractivity contribution in [2.24, 2.45) is 5.92 Å². The average molecular weight is 339 g/mol. The maximum absolute atomic E-state index is 12.6. The number of hydrogen-bond acceptors (Lipinski definition) is 6. The van der Waals surface area contributed by atoms with Gasteiger partial charge in [0.1, 0.15) is 23.3 Å². The van der Waals surface area contributed by atoms with E-state index in [0.717, 1.165) is 43.2 Å². The molecule has 2 aromatic rings. The van der Waals surface area contributed by atoms with E-state index < -0.39 is 0 Å². The molecule has 0 N–H and O–H groups in total. The van der Waals surface area contributed by atoms with Crippen molar-refractivity contribution in [3.8, 4) is 6.07 Å². The van der Waals surface area contributed by atoms with Gasteiger partial charge in [-0.05, 0) is 31.9 Å². The number of rotatable bonds is 4. The molecule has 1 aliphatic rings. The van der Waals surface area contributed by atoms with Crippen LogP contribution >= 0.6 is 0 Å². The Balaban J connectivity index is 1.54. The van der Waals surface area contributed by atoms with E-state index >= 15 is 0 Å². The van der Waals surface area contributed by atoms with Crippen LogP contribution in [0.4, 0.5) is 5.82 Å². The molecule has 1 aliphatic heterocycles. The largest absolute Gasteiger partial charge is 0.361 e. The Kier molecular flexibility index (Phi) is 4.98. The van der Waals surface area contributed by atoms with Gasteiger partial charge < -0.3 is 14.3 Å². The molecule has 130 valence electrons. The van der Waals surface area contributed by atoms with Gasteiger partial charge in [-0.2, -0.15) is 5.26 Å². The van der Waals surface area contributed by atoms with Crippen LogP contribution in [0.5, 0.6) is 0 Å². The van der Waals surface area contributed by atoms with Crippen LogP contribution in [0.2, 0.25) is 0 Å². The summed E-state index contributed by atoms with van der Waals surface area (Å²) in [6.45, 7) is 3.87. The van der Waals surface area contributed by atoms with Crippen molar-refractivity contribution in [1.29, 1.82) is 5.26 Å². The molecule has 7 heteroatoms. The summed E-state index contributed by atoms with van der Waals surface area (Å²) >= 11 is 0. The molecule has 0 spiro atoms. The summed E-state index contributed by atoms with van der Waals surface area (Å²) in [5.74, 6) is 1.77. The molecule has 7 nitrogen and oxygen atoms in total. The molecule has 1 saturated heterocycles. The van der Waals surface area contributed by atoms with Crippen LogP contribution < -0.4 is 4.90 Å². The summed E-state index contributed by atoms with van der Waals surface area (Å²) in [5.41, 5.74) is 1.33. The van der Waals surface area contributed by atoms with Crippen LogP contribution in [0.1, 0.15) is 29.9 Å². The highest BCUT2D eigenvalue weighted by atomic mass is 16.5. The Labute approximate surface area is 146 Å². The van der Waals surface area contributed by atoms with Crippen molar-refractivity contribution in [2.75, 3.05) is 25.0 Å². The number of carbonyl (C=O) groups excluding carboxylic acids is 1. The van der Waals surface area contributed by atoms with E-state index in [1.54, 1.807) is 24.2 Å². The highest BCUT2D eigenvalue weighted by Gasteiger charge is 2.28. The molecular weight excluding hydrogens is 318 g/mol. The van der Waals surface area contributed by atoms with Crippen LogP contribution in [0.15, 0.2) is 28.9 Å². The normalized spacial score (nSPS) is 15.0. The third kappa shape index (κ3) is 3.97. The second kappa shape index (κ2) is 7.34. The zero-order chi connectivity index (χ0) is 17.8. The quantitative estimate of drug-likeness (QED) is 0.848. The van der Waals surface area contributed by atoms with Gasteiger partial charge in [-0.25, -0.2) is 4.98 Å². The predicted molar refractivity (Wildman–Crippen MR) is 91.6 cm³/mol. The Morgan fingerprint density at radius 1 is 1.44 bits per heavy atom. The van der Waals surface area contributed by atoms with Crippen molar-refractivity contribution >= 4 is 11.7 Å². The van der Waals surface area contributed by atoms with Crippen LogP contribution in [0.25, 0.3) is 0 Å². The molecule has 0 bridgehead atoms. The molecule has 3 rings (SSSR count). The van der Waals surface area contributed by atoms with Crippen molar-refractivity contribution in [3.05, 3.63) is 41.4 Å². The monoisotopic (exact) mass is 339 g/mol. The van der Waals surface area contributed by atoms with E-state index in [0.29, 0.717) is 12.1 Å². The minimum atomic E-state index is 0.0210. The molecular formula is C18H21N5O2. The number of aromatic nitrogens is 2. The minimum absolute atomic E-state index is 0.0210. The number of carbonyl (C=O) groups is 1. The Morgan fingerprint density at radius 2 is 2.20 bits per heavy atom. The number of piperidine rings is 1. The molecule has 0 aliphatic carbocycles. The zero-order valence-corrected chi connectivity index (χ0v) is 14.5. The van der Waals surface area contributed by atoms with E-state index in [1.807, 2.05) is 19.1 Å². The zero-order valence-electron chi connectivity index (χ0n) is 14.5. The van der Waals surface area contributed by atoms with Crippen molar-refractivity contribution in [3.63, 3.8) is 0 Å². The summed E-state index contributed by atoms with van der Waals surface area (Å²) in [6, 6.07) is 7.55. The molecule has 0 aromatic carbocycles. The van der Waals surface area contributed by atoms with Crippen molar-refractivity contribution in [1.82, 2.24) is 15.0 Å². The van der Waals surface area contributed by atoms with E-state index in [-0.39, 0.29) is 11.8 Å². The molecule has 0 saturated carbocycles. The summed E-state index contributed by atoms with van der Waals surface area (Å²) in [4.78, 5) is 20.8. The molecule has 25 heavy (non-hydrogen) atoms. The summed E-state index contributed by atoms with van der Waals surface area (Å²) in [6.07, 6.45) is 3.17. The number of amides is 1. The van der Waals surface area contributed by atoms with Gasteiger partial charge in [0.05, 0.1) is 12.1 Å². The van der Waals surface area contributed by atoms with Crippen LogP contribution in [-0.4, -0.2) is 41.1 Å². The van der Waals surface area contributed by atoms with Gasteiger partial charge in [-0.15, -0.1) is 0 Å². The van der Waals surface area contributed by atoms with E-state index in [4.69, 9.17) is 9.78 Å². The lowest BCUT2D eigenvalue weighted by Crippen LogP contribution is -2.41. The van der Waals surface area contributed by atoms with Gasteiger partial charge in [0.25, 0.3) is 0 Å². The minimum Gasteiger partial charge on any atom is -0.361 e. The first kappa shape index (κ1) is 17.0. The van der Waals surface area contributed by atoms with Gasteiger partial charge in [0.15, 0.2) is 0 Å². The SMILES string of the molecule is Cc1cc(CN(C)C(=O)C2CCN(c3ccc(C#N)cn3)CC2)no1. The Bertz CT molecular complexity index is 770. The number of nitriles is 1. The first-order chi connectivity index (χ1) is 12.1. The van der Waals surface area contributed by atoms with Crippen LogP contribution in [-0.2, 0) is 11.3 Å². The molecule has 0 atom stereocenters. The van der Waals surface area contributed by atoms with Crippen molar-refractivity contribution < 1.29 is 9.32 Å². The van der Waals surface area contributed by atoms with Crippen LogP contribution in [0, 0.1) is 24.2 Å². The van der Waals surface area contributed by atoms with Gasteiger partial charge in [0.2, 0.25) is 5.91 Å². The second-order valence-electron chi connectivity index (χ2n) is 6.40. The maximum Gasteiger partial charge on any atom is 0.225 e. The van der Waals surface area contributed by atoms with Gasteiger partial charge >= 0.3 is 0 Å². The number of hydrogen-bond donors (Lipinski definition) is 0. The van der Waals surface area contributed by atoms with Gasteiger partial charge in [-0.3, -0.25) is 4.79 Å². The molecule has 2 aromatic heterocycles.